The Kier molecular flexibility index (Phi) is 3.62. The monoisotopic (exact) mass is 218 g/mol. The van der Waals surface area contributed by atoms with Crippen molar-refractivity contribution in [1.82, 2.24) is 5.32 Å². The van der Waals surface area contributed by atoms with Gasteiger partial charge in [-0.05, 0) is 42.3 Å². The molecule has 1 saturated carbocycles. The van der Waals surface area contributed by atoms with Crippen molar-refractivity contribution in [3.05, 3.63) is 35.4 Å². The largest absolute Gasteiger partial charge is 0.330 e. The lowest BCUT2D eigenvalue weighted by Gasteiger charge is -2.13. The first-order valence-corrected chi connectivity index (χ1v) is 6.27. The maximum Gasteiger partial charge on any atom is 0.0205 e. The number of hydrogen-bond acceptors (Lipinski definition) is 2. The number of nitrogens with one attached hydrogen (secondary N) is 1. The van der Waals surface area contributed by atoms with Gasteiger partial charge in [0.1, 0.15) is 0 Å². The van der Waals surface area contributed by atoms with Crippen LogP contribution in [0.15, 0.2) is 24.3 Å². The first-order valence-electron chi connectivity index (χ1n) is 6.27. The summed E-state index contributed by atoms with van der Waals surface area (Å²) in [5.74, 6) is 0. The van der Waals surface area contributed by atoms with Gasteiger partial charge in [0.15, 0.2) is 0 Å². The van der Waals surface area contributed by atoms with Gasteiger partial charge in [-0.15, -0.1) is 0 Å². The standard InChI is InChI=1S/C14H22N2/c1-2-12-3-5-13(6-4-12)9-16-11-14(10-15)7-8-14/h3-6,16H,2,7-11,15H2,1H3. The molecule has 0 radical (unpaired) electrons. The zero-order valence-electron chi connectivity index (χ0n) is 10.1. The number of aryl methyl sites for hydroxylation is 1. The Bertz CT molecular complexity index is 325. The molecule has 16 heavy (non-hydrogen) atoms. The summed E-state index contributed by atoms with van der Waals surface area (Å²) < 4.78 is 0. The van der Waals surface area contributed by atoms with Crippen molar-refractivity contribution in [2.45, 2.75) is 32.7 Å². The molecule has 1 aliphatic carbocycles. The van der Waals surface area contributed by atoms with Crippen LogP contribution < -0.4 is 11.1 Å². The van der Waals surface area contributed by atoms with Crippen LogP contribution in [0.3, 0.4) is 0 Å². The Morgan fingerprint density at radius 2 is 1.81 bits per heavy atom. The van der Waals surface area contributed by atoms with E-state index in [0.717, 1.165) is 26.1 Å². The molecule has 3 N–H and O–H groups in total. The van der Waals surface area contributed by atoms with Crippen LogP contribution in [0.5, 0.6) is 0 Å². The molecule has 0 atom stereocenters. The maximum absolute atomic E-state index is 5.75. The Hall–Kier alpha value is -0.860. The minimum atomic E-state index is 0.434. The Morgan fingerprint density at radius 3 is 2.31 bits per heavy atom. The fraction of sp³-hybridized carbons (Fsp3) is 0.571. The first kappa shape index (κ1) is 11.6. The van der Waals surface area contributed by atoms with Crippen LogP contribution in [-0.4, -0.2) is 13.1 Å². The molecular formula is C14H22N2. The van der Waals surface area contributed by atoms with E-state index in [1.165, 1.54) is 24.0 Å². The summed E-state index contributed by atoms with van der Waals surface area (Å²) in [4.78, 5) is 0. The molecule has 0 heterocycles. The normalized spacial score (nSPS) is 17.4. The highest BCUT2D eigenvalue weighted by Gasteiger charge is 2.40. The SMILES string of the molecule is CCc1ccc(CNCC2(CN)CC2)cc1. The zero-order chi connectivity index (χ0) is 11.4. The molecule has 1 aromatic carbocycles. The topological polar surface area (TPSA) is 38.0 Å². The van der Waals surface area contributed by atoms with E-state index < -0.39 is 0 Å². The highest BCUT2D eigenvalue weighted by molar-refractivity contribution is 5.22. The van der Waals surface area contributed by atoms with E-state index in [0.29, 0.717) is 5.41 Å². The molecule has 0 aromatic heterocycles. The van der Waals surface area contributed by atoms with Crippen molar-refractivity contribution in [3.8, 4) is 0 Å². The minimum Gasteiger partial charge on any atom is -0.330 e. The summed E-state index contributed by atoms with van der Waals surface area (Å²) in [6.45, 7) is 5.05. The number of rotatable bonds is 6. The van der Waals surface area contributed by atoms with Gasteiger partial charge in [0, 0.05) is 13.1 Å². The van der Waals surface area contributed by atoms with Gasteiger partial charge in [-0.3, -0.25) is 0 Å². The van der Waals surface area contributed by atoms with E-state index >= 15 is 0 Å². The van der Waals surface area contributed by atoms with Gasteiger partial charge in [-0.25, -0.2) is 0 Å². The molecule has 1 aromatic rings. The summed E-state index contributed by atoms with van der Waals surface area (Å²) in [6.07, 6.45) is 3.71. The van der Waals surface area contributed by atoms with Gasteiger partial charge in [-0.2, -0.15) is 0 Å². The third kappa shape index (κ3) is 2.83. The summed E-state index contributed by atoms with van der Waals surface area (Å²) in [5, 5.41) is 3.51. The maximum atomic E-state index is 5.75. The lowest BCUT2D eigenvalue weighted by Crippen LogP contribution is -2.29. The molecule has 0 unspecified atom stereocenters. The molecule has 0 saturated heterocycles. The van der Waals surface area contributed by atoms with E-state index in [1.807, 2.05) is 0 Å². The van der Waals surface area contributed by atoms with Crippen molar-refractivity contribution < 1.29 is 0 Å². The highest BCUT2D eigenvalue weighted by atomic mass is 14.9. The lowest BCUT2D eigenvalue weighted by molar-refractivity contribution is 0.468. The van der Waals surface area contributed by atoms with E-state index in [4.69, 9.17) is 5.73 Å². The Balaban J connectivity index is 1.76. The molecule has 88 valence electrons. The summed E-state index contributed by atoms with van der Waals surface area (Å²) in [6, 6.07) is 8.86. The van der Waals surface area contributed by atoms with Crippen LogP contribution in [0.25, 0.3) is 0 Å². The molecule has 1 fully saturated rings. The predicted octanol–water partition coefficient (Wildman–Crippen LogP) is 2.08. The first-order chi connectivity index (χ1) is 7.78. The smallest absolute Gasteiger partial charge is 0.0205 e. The molecule has 1 aliphatic rings. The van der Waals surface area contributed by atoms with Crippen molar-refractivity contribution in [2.24, 2.45) is 11.1 Å². The number of hydrogen-bond donors (Lipinski definition) is 2. The van der Waals surface area contributed by atoms with Crippen LogP contribution >= 0.6 is 0 Å². The second-order valence-corrected chi connectivity index (χ2v) is 4.98. The predicted molar refractivity (Wildman–Crippen MR) is 68.2 cm³/mol. The highest BCUT2D eigenvalue weighted by Crippen LogP contribution is 2.43. The van der Waals surface area contributed by atoms with Crippen LogP contribution in [0.1, 0.15) is 30.9 Å². The van der Waals surface area contributed by atoms with Gasteiger partial charge in [0.2, 0.25) is 0 Å². The van der Waals surface area contributed by atoms with E-state index in [-0.39, 0.29) is 0 Å². The molecule has 0 aliphatic heterocycles. The number of benzene rings is 1. The van der Waals surface area contributed by atoms with Gasteiger partial charge < -0.3 is 11.1 Å². The van der Waals surface area contributed by atoms with Crippen molar-refractivity contribution in [2.75, 3.05) is 13.1 Å². The lowest BCUT2D eigenvalue weighted by atomic mass is 10.1. The fourth-order valence-electron chi connectivity index (χ4n) is 1.99. The van der Waals surface area contributed by atoms with Crippen LogP contribution in [0.4, 0.5) is 0 Å². The molecular weight excluding hydrogens is 196 g/mol. The van der Waals surface area contributed by atoms with Crippen LogP contribution in [0.2, 0.25) is 0 Å². The van der Waals surface area contributed by atoms with E-state index in [2.05, 4.69) is 36.5 Å². The van der Waals surface area contributed by atoms with E-state index in [1.54, 1.807) is 0 Å². The zero-order valence-corrected chi connectivity index (χ0v) is 10.1. The van der Waals surface area contributed by atoms with Crippen molar-refractivity contribution in [1.29, 1.82) is 0 Å². The molecule has 0 spiro atoms. The van der Waals surface area contributed by atoms with Gasteiger partial charge in [0.05, 0.1) is 0 Å². The summed E-state index contributed by atoms with van der Waals surface area (Å²) in [5.41, 5.74) is 8.95. The van der Waals surface area contributed by atoms with Crippen molar-refractivity contribution in [3.63, 3.8) is 0 Å². The van der Waals surface area contributed by atoms with E-state index in [9.17, 15) is 0 Å². The van der Waals surface area contributed by atoms with Gasteiger partial charge >= 0.3 is 0 Å². The van der Waals surface area contributed by atoms with Crippen LogP contribution in [0, 0.1) is 5.41 Å². The third-order valence-corrected chi connectivity index (χ3v) is 3.65. The third-order valence-electron chi connectivity index (χ3n) is 3.65. The Labute approximate surface area is 98.2 Å². The second kappa shape index (κ2) is 4.98. The molecule has 2 nitrogen and oxygen atoms in total. The molecule has 2 heteroatoms. The molecule has 2 rings (SSSR count). The fourth-order valence-corrected chi connectivity index (χ4v) is 1.99. The number of nitrogens with two attached hydrogens (primary N) is 1. The molecule has 0 bridgehead atoms. The average molecular weight is 218 g/mol. The quantitative estimate of drug-likeness (QED) is 0.767. The average Bonchev–Trinajstić information content (AvgIpc) is 3.11. The van der Waals surface area contributed by atoms with Gasteiger partial charge in [-0.1, -0.05) is 31.2 Å². The summed E-state index contributed by atoms with van der Waals surface area (Å²) in [7, 11) is 0. The Morgan fingerprint density at radius 1 is 1.19 bits per heavy atom. The van der Waals surface area contributed by atoms with Crippen LogP contribution in [-0.2, 0) is 13.0 Å². The van der Waals surface area contributed by atoms with Gasteiger partial charge in [0.25, 0.3) is 0 Å². The van der Waals surface area contributed by atoms with Crippen molar-refractivity contribution >= 4 is 0 Å². The minimum absolute atomic E-state index is 0.434. The molecule has 0 amide bonds. The summed E-state index contributed by atoms with van der Waals surface area (Å²) >= 11 is 0. The second-order valence-electron chi connectivity index (χ2n) is 4.98.